The lowest BCUT2D eigenvalue weighted by Crippen LogP contribution is -2.47. The maximum absolute atomic E-state index is 13.0. The molecule has 4 heteroatoms. The summed E-state index contributed by atoms with van der Waals surface area (Å²) in [6.45, 7) is 5.62. The second-order valence-corrected chi connectivity index (χ2v) is 7.46. The number of ether oxygens (including phenoxy) is 1. The lowest BCUT2D eigenvalue weighted by atomic mass is 9.91. The Morgan fingerprint density at radius 1 is 1.22 bits per heavy atom. The first-order valence-corrected chi connectivity index (χ1v) is 8.88. The Hall–Kier alpha value is -1.39. The molecule has 3 fully saturated rings. The standard InChI is InChI=1S/C19H26N2O2/c1-14-12-21(13-17(23-14)15-5-3-2-4-6-15)18(22)16-11-19(16)7-9-20-10-8-19/h2-6,14,16-17,20H,7-13H2,1H3. The van der Waals surface area contributed by atoms with Gasteiger partial charge in [0.1, 0.15) is 6.10 Å². The highest BCUT2D eigenvalue weighted by molar-refractivity contribution is 5.83. The van der Waals surface area contributed by atoms with E-state index in [2.05, 4.69) is 29.3 Å². The van der Waals surface area contributed by atoms with Crippen molar-refractivity contribution in [2.75, 3.05) is 26.2 Å². The molecule has 3 atom stereocenters. The molecule has 3 aliphatic rings. The third kappa shape index (κ3) is 2.90. The number of amides is 1. The van der Waals surface area contributed by atoms with Crippen LogP contribution in [0.3, 0.4) is 0 Å². The molecule has 1 spiro atoms. The summed E-state index contributed by atoms with van der Waals surface area (Å²) in [6, 6.07) is 10.3. The second-order valence-electron chi connectivity index (χ2n) is 7.46. The van der Waals surface area contributed by atoms with Crippen LogP contribution in [0.2, 0.25) is 0 Å². The van der Waals surface area contributed by atoms with Crippen molar-refractivity contribution in [2.45, 2.75) is 38.4 Å². The van der Waals surface area contributed by atoms with Gasteiger partial charge in [0.15, 0.2) is 0 Å². The molecule has 1 N–H and O–H groups in total. The summed E-state index contributed by atoms with van der Waals surface area (Å²) >= 11 is 0. The van der Waals surface area contributed by atoms with Crippen LogP contribution in [-0.4, -0.2) is 43.1 Å². The molecule has 1 aromatic rings. The highest BCUT2D eigenvalue weighted by Gasteiger charge is 2.58. The van der Waals surface area contributed by atoms with Gasteiger partial charge in [0, 0.05) is 12.5 Å². The second kappa shape index (κ2) is 5.91. The summed E-state index contributed by atoms with van der Waals surface area (Å²) in [4.78, 5) is 15.1. The first-order valence-electron chi connectivity index (χ1n) is 8.88. The average molecular weight is 314 g/mol. The number of carbonyl (C=O) groups excluding carboxylic acids is 1. The zero-order chi connectivity index (χ0) is 15.9. The Morgan fingerprint density at radius 2 is 1.96 bits per heavy atom. The summed E-state index contributed by atoms with van der Waals surface area (Å²) in [6.07, 6.45) is 3.51. The number of hydrogen-bond donors (Lipinski definition) is 1. The Morgan fingerprint density at radius 3 is 2.70 bits per heavy atom. The number of carbonyl (C=O) groups is 1. The van der Waals surface area contributed by atoms with Crippen molar-refractivity contribution in [1.82, 2.24) is 10.2 Å². The Bertz CT molecular complexity index is 568. The van der Waals surface area contributed by atoms with Crippen molar-refractivity contribution in [1.29, 1.82) is 0 Å². The lowest BCUT2D eigenvalue weighted by Gasteiger charge is -2.38. The summed E-state index contributed by atoms with van der Waals surface area (Å²) in [7, 11) is 0. The molecule has 124 valence electrons. The molecule has 1 amide bonds. The highest BCUT2D eigenvalue weighted by atomic mass is 16.5. The van der Waals surface area contributed by atoms with Gasteiger partial charge in [0.2, 0.25) is 5.91 Å². The summed E-state index contributed by atoms with van der Waals surface area (Å²) in [5.41, 5.74) is 1.48. The molecule has 2 aliphatic heterocycles. The minimum absolute atomic E-state index is 0.00613. The van der Waals surface area contributed by atoms with Gasteiger partial charge in [-0.1, -0.05) is 30.3 Å². The van der Waals surface area contributed by atoms with Crippen molar-refractivity contribution in [3.8, 4) is 0 Å². The lowest BCUT2D eigenvalue weighted by molar-refractivity contribution is -0.147. The molecule has 2 saturated heterocycles. The molecule has 0 aromatic heterocycles. The first-order chi connectivity index (χ1) is 11.2. The highest BCUT2D eigenvalue weighted by Crippen LogP contribution is 2.59. The van der Waals surface area contributed by atoms with Crippen LogP contribution in [0.25, 0.3) is 0 Å². The van der Waals surface area contributed by atoms with Gasteiger partial charge >= 0.3 is 0 Å². The van der Waals surface area contributed by atoms with Crippen molar-refractivity contribution >= 4 is 5.91 Å². The van der Waals surface area contributed by atoms with Crippen molar-refractivity contribution in [3.63, 3.8) is 0 Å². The third-order valence-electron chi connectivity index (χ3n) is 5.83. The van der Waals surface area contributed by atoms with Gasteiger partial charge in [-0.05, 0) is 50.3 Å². The van der Waals surface area contributed by atoms with E-state index in [0.29, 0.717) is 17.9 Å². The van der Waals surface area contributed by atoms with Crippen LogP contribution in [-0.2, 0) is 9.53 Å². The molecule has 4 nitrogen and oxygen atoms in total. The number of rotatable bonds is 2. The molecular weight excluding hydrogens is 288 g/mol. The number of benzene rings is 1. The molecule has 2 heterocycles. The summed E-state index contributed by atoms with van der Waals surface area (Å²) in [5, 5.41) is 3.41. The van der Waals surface area contributed by atoms with Crippen molar-refractivity contribution < 1.29 is 9.53 Å². The number of piperidine rings is 1. The first kappa shape index (κ1) is 15.2. The zero-order valence-corrected chi connectivity index (χ0v) is 13.8. The molecular formula is C19H26N2O2. The number of hydrogen-bond acceptors (Lipinski definition) is 3. The van der Waals surface area contributed by atoms with Crippen LogP contribution < -0.4 is 5.32 Å². The van der Waals surface area contributed by atoms with Crippen LogP contribution in [0.5, 0.6) is 0 Å². The largest absolute Gasteiger partial charge is 0.367 e. The van der Waals surface area contributed by atoms with Crippen molar-refractivity contribution in [2.24, 2.45) is 11.3 Å². The predicted molar refractivity (Wildman–Crippen MR) is 89.0 cm³/mol. The van der Waals surface area contributed by atoms with E-state index in [-0.39, 0.29) is 18.1 Å². The van der Waals surface area contributed by atoms with Gasteiger partial charge < -0.3 is 15.0 Å². The fraction of sp³-hybridized carbons (Fsp3) is 0.632. The number of nitrogens with one attached hydrogen (secondary N) is 1. The van der Waals surface area contributed by atoms with E-state index in [9.17, 15) is 4.79 Å². The van der Waals surface area contributed by atoms with Crippen LogP contribution >= 0.6 is 0 Å². The molecule has 23 heavy (non-hydrogen) atoms. The van der Waals surface area contributed by atoms with E-state index in [0.717, 1.165) is 38.9 Å². The fourth-order valence-corrected chi connectivity index (χ4v) is 4.38. The molecule has 3 unspecified atom stereocenters. The van der Waals surface area contributed by atoms with Crippen LogP contribution in [0, 0.1) is 11.3 Å². The molecule has 1 saturated carbocycles. The van der Waals surface area contributed by atoms with E-state index in [1.807, 2.05) is 18.2 Å². The van der Waals surface area contributed by atoms with Gasteiger partial charge in [-0.25, -0.2) is 0 Å². The molecule has 4 rings (SSSR count). The van der Waals surface area contributed by atoms with Gasteiger partial charge in [-0.15, -0.1) is 0 Å². The Balaban J connectivity index is 1.45. The maximum Gasteiger partial charge on any atom is 0.226 e. The molecule has 1 aromatic carbocycles. The monoisotopic (exact) mass is 314 g/mol. The van der Waals surface area contributed by atoms with E-state index >= 15 is 0 Å². The van der Waals surface area contributed by atoms with E-state index in [1.54, 1.807) is 0 Å². The quantitative estimate of drug-likeness (QED) is 0.911. The van der Waals surface area contributed by atoms with E-state index in [1.165, 1.54) is 5.56 Å². The number of morpholine rings is 1. The van der Waals surface area contributed by atoms with Gasteiger partial charge in [0.25, 0.3) is 0 Å². The zero-order valence-electron chi connectivity index (χ0n) is 13.8. The minimum atomic E-state index is 0.00613. The average Bonchev–Trinajstić information content (AvgIpc) is 3.28. The summed E-state index contributed by atoms with van der Waals surface area (Å²) in [5.74, 6) is 0.620. The predicted octanol–water partition coefficient (Wildman–Crippen LogP) is 2.36. The fourth-order valence-electron chi connectivity index (χ4n) is 4.38. The molecule has 0 radical (unpaired) electrons. The van der Waals surface area contributed by atoms with Crippen molar-refractivity contribution in [3.05, 3.63) is 35.9 Å². The Labute approximate surface area is 138 Å². The summed E-state index contributed by atoms with van der Waals surface area (Å²) < 4.78 is 6.09. The van der Waals surface area contributed by atoms with Gasteiger partial charge in [0.05, 0.1) is 12.6 Å². The van der Waals surface area contributed by atoms with E-state index < -0.39 is 0 Å². The Kier molecular flexibility index (Phi) is 3.90. The maximum atomic E-state index is 13.0. The smallest absolute Gasteiger partial charge is 0.226 e. The van der Waals surface area contributed by atoms with Gasteiger partial charge in [-0.2, -0.15) is 0 Å². The number of nitrogens with zero attached hydrogens (tertiary/aromatic N) is 1. The molecule has 0 bridgehead atoms. The minimum Gasteiger partial charge on any atom is -0.367 e. The van der Waals surface area contributed by atoms with Gasteiger partial charge in [-0.3, -0.25) is 4.79 Å². The normalized spacial score (nSPS) is 32.7. The topological polar surface area (TPSA) is 41.6 Å². The van der Waals surface area contributed by atoms with Crippen LogP contribution in [0.15, 0.2) is 30.3 Å². The third-order valence-corrected chi connectivity index (χ3v) is 5.83. The van der Waals surface area contributed by atoms with Crippen LogP contribution in [0.1, 0.15) is 37.9 Å². The SMILES string of the molecule is CC1CN(C(=O)C2CC23CCNCC3)CC(c2ccccc2)O1. The van der Waals surface area contributed by atoms with Crippen LogP contribution in [0.4, 0.5) is 0 Å². The van der Waals surface area contributed by atoms with E-state index in [4.69, 9.17) is 4.74 Å². The molecule has 1 aliphatic carbocycles.